The average Bonchev–Trinajstić information content (AvgIpc) is 3.08. The lowest BCUT2D eigenvalue weighted by Crippen LogP contribution is -2.52. The Morgan fingerprint density at radius 1 is 1.23 bits per heavy atom. The Balaban J connectivity index is 1.98. The molecule has 3 aliphatic rings. The SMILES string of the molecule is C=C1O[C@H](C2COC3(O2)C(O)=C(C=C(C)C)C(C)(C)CC3O)C(O)=C1O. The third-order valence-electron chi connectivity index (χ3n) is 5.06. The van der Waals surface area contributed by atoms with Crippen LogP contribution in [0.15, 0.2) is 46.8 Å². The van der Waals surface area contributed by atoms with Crippen LogP contribution in [-0.4, -0.2) is 51.1 Å². The molecule has 1 fully saturated rings. The number of ether oxygens (including phenoxy) is 3. The molecule has 1 aliphatic carbocycles. The van der Waals surface area contributed by atoms with E-state index in [0.717, 1.165) is 5.57 Å². The zero-order chi connectivity index (χ0) is 19.4. The predicted molar refractivity (Wildman–Crippen MR) is 93.3 cm³/mol. The molecule has 0 radical (unpaired) electrons. The van der Waals surface area contributed by atoms with E-state index < -0.39 is 41.0 Å². The fraction of sp³-hybridized carbons (Fsp3) is 0.579. The molecule has 0 saturated carbocycles. The van der Waals surface area contributed by atoms with Gasteiger partial charge in [-0.2, -0.15) is 0 Å². The van der Waals surface area contributed by atoms with Gasteiger partial charge in [-0.3, -0.25) is 0 Å². The van der Waals surface area contributed by atoms with E-state index in [-0.39, 0.29) is 18.1 Å². The summed E-state index contributed by atoms with van der Waals surface area (Å²) in [7, 11) is 0. The number of hydrogen-bond donors (Lipinski definition) is 4. The second kappa shape index (κ2) is 6.04. The third-order valence-corrected chi connectivity index (χ3v) is 5.06. The van der Waals surface area contributed by atoms with Crippen molar-refractivity contribution >= 4 is 0 Å². The monoisotopic (exact) mass is 366 g/mol. The highest BCUT2D eigenvalue weighted by atomic mass is 16.8. The number of hydrogen-bond acceptors (Lipinski definition) is 7. The molecule has 144 valence electrons. The van der Waals surface area contributed by atoms with Gasteiger partial charge in [0.1, 0.15) is 12.2 Å². The van der Waals surface area contributed by atoms with Gasteiger partial charge in [-0.1, -0.05) is 32.1 Å². The van der Waals surface area contributed by atoms with E-state index in [1.165, 1.54) is 0 Å². The molecule has 0 aromatic heterocycles. The van der Waals surface area contributed by atoms with Gasteiger partial charge in [-0.05, 0) is 25.7 Å². The molecule has 1 saturated heterocycles. The van der Waals surface area contributed by atoms with Crippen molar-refractivity contribution in [2.24, 2.45) is 5.41 Å². The smallest absolute Gasteiger partial charge is 0.255 e. The van der Waals surface area contributed by atoms with E-state index in [4.69, 9.17) is 14.2 Å². The molecule has 4 N–H and O–H groups in total. The highest BCUT2D eigenvalue weighted by Gasteiger charge is 2.59. The van der Waals surface area contributed by atoms with Crippen molar-refractivity contribution in [3.63, 3.8) is 0 Å². The van der Waals surface area contributed by atoms with Crippen LogP contribution in [0.2, 0.25) is 0 Å². The summed E-state index contributed by atoms with van der Waals surface area (Å²) in [5, 5.41) is 41.4. The Kier molecular flexibility index (Phi) is 4.37. The average molecular weight is 366 g/mol. The van der Waals surface area contributed by atoms with E-state index in [1.54, 1.807) is 0 Å². The standard InChI is InChI=1S/C19H26O7/c1-9(2)6-11-17(23)19(13(20)7-18(11,4)5)24-8-12(26-19)16-15(22)14(21)10(3)25-16/h6,12-13,16,20-23H,3,7-8H2,1-2,4-5H3/t12?,13?,16-,19?/m1/s1. The van der Waals surface area contributed by atoms with E-state index in [1.807, 2.05) is 33.8 Å². The van der Waals surface area contributed by atoms with E-state index in [9.17, 15) is 20.4 Å². The summed E-state index contributed by atoms with van der Waals surface area (Å²) >= 11 is 0. The van der Waals surface area contributed by atoms with Crippen molar-refractivity contribution in [2.45, 2.75) is 58.2 Å². The molecule has 2 heterocycles. The van der Waals surface area contributed by atoms with E-state index >= 15 is 0 Å². The maximum atomic E-state index is 10.9. The molecular formula is C19H26O7. The van der Waals surface area contributed by atoms with Crippen LogP contribution in [0.1, 0.15) is 34.1 Å². The third kappa shape index (κ3) is 2.71. The first-order valence-corrected chi connectivity index (χ1v) is 8.56. The summed E-state index contributed by atoms with van der Waals surface area (Å²) in [5.41, 5.74) is 1.14. The molecule has 0 aromatic rings. The van der Waals surface area contributed by atoms with Crippen LogP contribution in [0, 0.1) is 5.41 Å². The van der Waals surface area contributed by atoms with Crippen molar-refractivity contribution in [3.8, 4) is 0 Å². The van der Waals surface area contributed by atoms with E-state index in [2.05, 4.69) is 6.58 Å². The van der Waals surface area contributed by atoms with Crippen LogP contribution in [0.5, 0.6) is 0 Å². The van der Waals surface area contributed by atoms with Gasteiger partial charge in [0.15, 0.2) is 29.1 Å². The van der Waals surface area contributed by atoms with Crippen molar-refractivity contribution in [1.82, 2.24) is 0 Å². The summed E-state index contributed by atoms with van der Waals surface area (Å²) < 4.78 is 17.0. The molecule has 0 amide bonds. The second-order valence-corrected chi connectivity index (χ2v) is 7.92. The fourth-order valence-corrected chi connectivity index (χ4v) is 3.69. The predicted octanol–water partition coefficient (Wildman–Crippen LogP) is 2.91. The molecule has 0 aromatic carbocycles. The first-order valence-electron chi connectivity index (χ1n) is 8.56. The molecule has 0 bridgehead atoms. The summed E-state index contributed by atoms with van der Waals surface area (Å²) in [4.78, 5) is 0. The summed E-state index contributed by atoms with van der Waals surface area (Å²) in [6, 6.07) is 0. The molecule has 3 rings (SSSR count). The Morgan fingerprint density at radius 3 is 2.42 bits per heavy atom. The Labute approximate surface area is 152 Å². The van der Waals surface area contributed by atoms with Gasteiger partial charge >= 0.3 is 0 Å². The topological polar surface area (TPSA) is 109 Å². The first kappa shape index (κ1) is 18.8. The van der Waals surface area contributed by atoms with Crippen molar-refractivity contribution < 1.29 is 34.6 Å². The number of allylic oxidation sites excluding steroid dienone is 3. The lowest BCUT2D eigenvalue weighted by Gasteiger charge is -2.43. The minimum atomic E-state index is -1.73. The van der Waals surface area contributed by atoms with Gasteiger partial charge < -0.3 is 34.6 Å². The molecular weight excluding hydrogens is 340 g/mol. The Morgan fingerprint density at radius 2 is 1.88 bits per heavy atom. The molecule has 7 nitrogen and oxygen atoms in total. The lowest BCUT2D eigenvalue weighted by molar-refractivity contribution is -0.237. The molecule has 3 unspecified atom stereocenters. The van der Waals surface area contributed by atoms with Crippen LogP contribution < -0.4 is 0 Å². The zero-order valence-corrected chi connectivity index (χ0v) is 15.4. The van der Waals surface area contributed by atoms with Gasteiger partial charge in [0.05, 0.1) is 6.61 Å². The van der Waals surface area contributed by atoms with Gasteiger partial charge in [0, 0.05) is 5.57 Å². The Hall–Kier alpha value is -1.96. The van der Waals surface area contributed by atoms with Crippen LogP contribution in [-0.2, 0) is 14.2 Å². The van der Waals surface area contributed by atoms with Crippen LogP contribution in [0.25, 0.3) is 0 Å². The van der Waals surface area contributed by atoms with Crippen molar-refractivity contribution in [1.29, 1.82) is 0 Å². The van der Waals surface area contributed by atoms with E-state index in [0.29, 0.717) is 12.0 Å². The van der Waals surface area contributed by atoms with Gasteiger partial charge in [-0.25, -0.2) is 0 Å². The highest BCUT2D eigenvalue weighted by Crippen LogP contribution is 2.50. The first-order chi connectivity index (χ1) is 12.0. The van der Waals surface area contributed by atoms with Gasteiger partial charge in [0.25, 0.3) is 5.79 Å². The summed E-state index contributed by atoms with van der Waals surface area (Å²) in [5.74, 6) is -2.82. The lowest BCUT2D eigenvalue weighted by atomic mass is 9.71. The maximum absolute atomic E-state index is 10.9. The molecule has 26 heavy (non-hydrogen) atoms. The molecule has 1 spiro atoms. The quantitative estimate of drug-likeness (QED) is 0.595. The van der Waals surface area contributed by atoms with Crippen LogP contribution in [0.4, 0.5) is 0 Å². The molecule has 2 aliphatic heterocycles. The normalized spacial score (nSPS) is 36.7. The molecule has 4 atom stereocenters. The summed E-state index contributed by atoms with van der Waals surface area (Å²) in [6.45, 7) is 11.1. The zero-order valence-electron chi connectivity index (χ0n) is 15.4. The number of rotatable bonds is 2. The minimum Gasteiger partial charge on any atom is -0.506 e. The second-order valence-electron chi connectivity index (χ2n) is 7.92. The fourth-order valence-electron chi connectivity index (χ4n) is 3.69. The van der Waals surface area contributed by atoms with Gasteiger partial charge in [-0.15, -0.1) is 0 Å². The number of aliphatic hydroxyl groups is 4. The minimum absolute atomic E-state index is 0.0427. The number of aliphatic hydroxyl groups excluding tert-OH is 4. The molecule has 7 heteroatoms. The van der Waals surface area contributed by atoms with Crippen molar-refractivity contribution in [2.75, 3.05) is 6.61 Å². The van der Waals surface area contributed by atoms with Crippen LogP contribution in [0.3, 0.4) is 0 Å². The largest absolute Gasteiger partial charge is 0.506 e. The summed E-state index contributed by atoms with van der Waals surface area (Å²) in [6.07, 6.45) is -0.791. The highest BCUT2D eigenvalue weighted by molar-refractivity contribution is 5.38. The Bertz CT molecular complexity index is 726. The van der Waals surface area contributed by atoms with Crippen LogP contribution >= 0.6 is 0 Å². The van der Waals surface area contributed by atoms with Gasteiger partial charge in [0.2, 0.25) is 0 Å². The maximum Gasteiger partial charge on any atom is 0.255 e. The van der Waals surface area contributed by atoms with Crippen molar-refractivity contribution in [3.05, 3.63) is 46.8 Å².